The van der Waals surface area contributed by atoms with Gasteiger partial charge in [0, 0.05) is 6.08 Å². The van der Waals surface area contributed by atoms with Crippen LogP contribution >= 0.6 is 0 Å². The van der Waals surface area contributed by atoms with Crippen LogP contribution in [0.5, 0.6) is 0 Å². The molecule has 0 bridgehead atoms. The van der Waals surface area contributed by atoms with E-state index in [0.717, 1.165) is 0 Å². The molecule has 0 saturated carbocycles. The first-order valence-electron chi connectivity index (χ1n) is 2.23. The summed E-state index contributed by atoms with van der Waals surface area (Å²) in [5.41, 5.74) is 2.76. The van der Waals surface area contributed by atoms with E-state index in [1.165, 1.54) is 0 Å². The first kappa shape index (κ1) is 6.64. The standard InChI is InChI=1S/C8H6/c1-3-5-7-8-6-4-2/h1,4,8H,2H3. The van der Waals surface area contributed by atoms with Gasteiger partial charge >= 0.3 is 0 Å². The number of rotatable bonds is 0. The summed E-state index contributed by atoms with van der Waals surface area (Å²) >= 11 is 0. The molecule has 0 aromatic carbocycles. The third kappa shape index (κ3) is 4.64. The van der Waals surface area contributed by atoms with E-state index in [1.807, 2.05) is 6.92 Å². The highest BCUT2D eigenvalue weighted by atomic mass is 13.5. The average Bonchev–Trinajstić information content (AvgIpc) is 1.81. The fourth-order valence-corrected chi connectivity index (χ4v) is 0.203. The van der Waals surface area contributed by atoms with E-state index in [9.17, 15) is 0 Å². The molecule has 0 aromatic heterocycles. The van der Waals surface area contributed by atoms with Crippen LogP contribution < -0.4 is 0 Å². The van der Waals surface area contributed by atoms with Crippen molar-refractivity contribution >= 4 is 0 Å². The van der Waals surface area contributed by atoms with Gasteiger partial charge in [-0.25, -0.2) is 0 Å². The normalized spacial score (nSPS) is 4.50. The maximum Gasteiger partial charge on any atom is 0.0308 e. The van der Waals surface area contributed by atoms with Crippen molar-refractivity contribution in [3.63, 3.8) is 0 Å². The lowest BCUT2D eigenvalue weighted by Crippen LogP contribution is -1.44. The summed E-state index contributed by atoms with van der Waals surface area (Å²) in [6.45, 7) is 1.87. The third-order valence-electron chi connectivity index (χ3n) is 0.467. The molecule has 0 aliphatic carbocycles. The van der Waals surface area contributed by atoms with Gasteiger partial charge < -0.3 is 0 Å². The molecular weight excluding hydrogens is 96.1 g/mol. The minimum atomic E-state index is 1.58. The summed E-state index contributed by atoms with van der Waals surface area (Å²) in [5.74, 6) is 7.19. The first-order valence-corrected chi connectivity index (χ1v) is 2.23. The van der Waals surface area contributed by atoms with Gasteiger partial charge in [-0.1, -0.05) is 5.92 Å². The first-order chi connectivity index (χ1) is 3.91. The zero-order valence-corrected chi connectivity index (χ0v) is 4.73. The number of hydrogen-bond acceptors (Lipinski definition) is 0. The van der Waals surface area contributed by atoms with Crippen LogP contribution in [0.4, 0.5) is 0 Å². The van der Waals surface area contributed by atoms with Gasteiger partial charge in [0.15, 0.2) is 0 Å². The van der Waals surface area contributed by atoms with Crippen molar-refractivity contribution in [2.24, 2.45) is 0 Å². The van der Waals surface area contributed by atoms with Crippen LogP contribution in [0.25, 0.3) is 0 Å². The van der Waals surface area contributed by atoms with E-state index in [1.54, 1.807) is 12.2 Å². The van der Waals surface area contributed by atoms with E-state index < -0.39 is 0 Å². The van der Waals surface area contributed by atoms with Crippen molar-refractivity contribution in [1.82, 2.24) is 0 Å². The van der Waals surface area contributed by atoms with Crippen LogP contribution in [0.1, 0.15) is 6.92 Å². The van der Waals surface area contributed by atoms with Crippen molar-refractivity contribution in [2.75, 3.05) is 0 Å². The van der Waals surface area contributed by atoms with Crippen molar-refractivity contribution in [2.45, 2.75) is 6.92 Å². The van der Waals surface area contributed by atoms with Gasteiger partial charge in [0.25, 0.3) is 0 Å². The minimum absolute atomic E-state index is 1.58. The van der Waals surface area contributed by atoms with E-state index in [-0.39, 0.29) is 0 Å². The van der Waals surface area contributed by atoms with Crippen LogP contribution in [-0.4, -0.2) is 0 Å². The highest BCUT2D eigenvalue weighted by Gasteiger charge is 1.48. The Labute approximate surface area is 49.9 Å². The van der Waals surface area contributed by atoms with E-state index in [0.29, 0.717) is 0 Å². The molecule has 0 aliphatic rings. The van der Waals surface area contributed by atoms with Crippen LogP contribution in [0.3, 0.4) is 0 Å². The van der Waals surface area contributed by atoms with Crippen LogP contribution in [0.2, 0.25) is 0 Å². The second kappa shape index (κ2) is 5.64. The molecule has 8 heavy (non-hydrogen) atoms. The van der Waals surface area contributed by atoms with Crippen molar-refractivity contribution in [3.8, 4) is 24.2 Å². The van der Waals surface area contributed by atoms with Gasteiger partial charge in [-0.05, 0) is 24.8 Å². The molecule has 0 heterocycles. The Morgan fingerprint density at radius 1 is 1.50 bits per heavy atom. The molecule has 0 rings (SSSR count). The Morgan fingerprint density at radius 2 is 2.25 bits per heavy atom. The largest absolute Gasteiger partial charge is 0.116 e. The molecule has 0 fully saturated rings. The topological polar surface area (TPSA) is 0 Å². The Morgan fingerprint density at radius 3 is 2.75 bits per heavy atom. The van der Waals surface area contributed by atoms with Gasteiger partial charge in [-0.2, -0.15) is 0 Å². The molecule has 0 nitrogen and oxygen atoms in total. The highest BCUT2D eigenvalue weighted by Crippen LogP contribution is 1.61. The Kier molecular flexibility index (Phi) is 4.68. The third-order valence-corrected chi connectivity index (χ3v) is 0.467. The summed E-state index contributed by atoms with van der Waals surface area (Å²) in [4.78, 5) is 0. The van der Waals surface area contributed by atoms with Gasteiger partial charge in [-0.15, -0.1) is 12.2 Å². The molecule has 0 aliphatic heterocycles. The minimum Gasteiger partial charge on any atom is -0.116 e. The molecule has 0 saturated heterocycles. The Balaban J connectivity index is 3.81. The SMILES string of the molecule is C#CC#CC=C=CC. The second-order valence-electron chi connectivity index (χ2n) is 1.01. The molecule has 0 unspecified atom stereocenters. The fourth-order valence-electron chi connectivity index (χ4n) is 0.203. The van der Waals surface area contributed by atoms with Gasteiger partial charge in [0.1, 0.15) is 0 Å². The Hall–Kier alpha value is -1.36. The van der Waals surface area contributed by atoms with Gasteiger partial charge in [0.2, 0.25) is 0 Å². The predicted molar refractivity (Wildman–Crippen MR) is 34.9 cm³/mol. The zero-order valence-electron chi connectivity index (χ0n) is 4.73. The lowest BCUT2D eigenvalue weighted by Gasteiger charge is -1.54. The summed E-state index contributed by atoms with van der Waals surface area (Å²) in [6.07, 6.45) is 8.18. The zero-order chi connectivity index (χ0) is 6.24. The average molecular weight is 102 g/mol. The molecule has 0 aromatic rings. The lowest BCUT2D eigenvalue weighted by molar-refractivity contribution is 1.77. The van der Waals surface area contributed by atoms with Gasteiger partial charge in [-0.3, -0.25) is 0 Å². The summed E-state index contributed by atoms with van der Waals surface area (Å²) < 4.78 is 0. The summed E-state index contributed by atoms with van der Waals surface area (Å²) in [6, 6.07) is 0. The Bertz CT molecular complexity index is 196. The predicted octanol–water partition coefficient (Wildman–Crippen LogP) is 1.35. The van der Waals surface area contributed by atoms with E-state index in [4.69, 9.17) is 6.42 Å². The highest BCUT2D eigenvalue weighted by molar-refractivity contribution is 5.27. The second-order valence-corrected chi connectivity index (χ2v) is 1.01. The van der Waals surface area contributed by atoms with Crippen molar-refractivity contribution in [3.05, 3.63) is 17.9 Å². The van der Waals surface area contributed by atoms with Crippen LogP contribution in [0.15, 0.2) is 17.9 Å². The van der Waals surface area contributed by atoms with Gasteiger partial charge in [0.05, 0.1) is 0 Å². The maximum atomic E-state index is 4.83. The van der Waals surface area contributed by atoms with Crippen LogP contribution in [0, 0.1) is 24.2 Å². The molecule has 0 radical (unpaired) electrons. The number of terminal acetylenes is 1. The molecular formula is C8H6. The smallest absolute Gasteiger partial charge is 0.0308 e. The molecule has 0 N–H and O–H groups in total. The van der Waals surface area contributed by atoms with E-state index >= 15 is 0 Å². The number of hydrogen-bond donors (Lipinski definition) is 0. The van der Waals surface area contributed by atoms with Crippen molar-refractivity contribution < 1.29 is 0 Å². The summed E-state index contributed by atoms with van der Waals surface area (Å²) in [5, 5.41) is 0. The van der Waals surface area contributed by atoms with Crippen LogP contribution in [-0.2, 0) is 0 Å². The molecule has 0 amide bonds. The molecule has 0 spiro atoms. The van der Waals surface area contributed by atoms with Crippen molar-refractivity contribution in [1.29, 1.82) is 0 Å². The summed E-state index contributed by atoms with van der Waals surface area (Å²) in [7, 11) is 0. The lowest BCUT2D eigenvalue weighted by atomic mass is 10.5. The maximum absolute atomic E-state index is 4.83. The molecule has 38 valence electrons. The molecule has 0 heteroatoms. The van der Waals surface area contributed by atoms with E-state index in [2.05, 4.69) is 23.5 Å². The number of allylic oxidation sites excluding steroid dienone is 1. The monoisotopic (exact) mass is 102 g/mol. The quantitative estimate of drug-likeness (QED) is 0.320. The molecule has 0 atom stereocenters. The fraction of sp³-hybridized carbons (Fsp3) is 0.125.